The maximum atomic E-state index is 5.65. The van der Waals surface area contributed by atoms with Crippen molar-refractivity contribution in [2.24, 2.45) is 5.92 Å². The number of halogens is 1. The summed E-state index contributed by atoms with van der Waals surface area (Å²) in [6, 6.07) is 8.67. The lowest BCUT2D eigenvalue weighted by molar-refractivity contribution is 0.317. The monoisotopic (exact) mass is 278 g/mol. The average Bonchev–Trinajstić information content (AvgIpc) is 2.47. The van der Waals surface area contributed by atoms with Crippen LogP contribution >= 0.6 is 11.6 Å². The molecule has 2 rings (SSSR count). The van der Waals surface area contributed by atoms with Crippen molar-refractivity contribution in [2.75, 3.05) is 6.61 Å². The second-order valence-corrected chi connectivity index (χ2v) is 5.60. The Balaban J connectivity index is 1.89. The van der Waals surface area contributed by atoms with Crippen molar-refractivity contribution in [1.29, 1.82) is 0 Å². The van der Waals surface area contributed by atoms with Gasteiger partial charge >= 0.3 is 0 Å². The number of rotatable bonds is 5. The van der Waals surface area contributed by atoms with Gasteiger partial charge in [-0.1, -0.05) is 36.7 Å². The van der Waals surface area contributed by atoms with E-state index in [1.807, 2.05) is 0 Å². The highest BCUT2D eigenvalue weighted by atomic mass is 35.5. The van der Waals surface area contributed by atoms with E-state index in [2.05, 4.69) is 37.3 Å². The summed E-state index contributed by atoms with van der Waals surface area (Å²) in [6.45, 7) is 2.93. The van der Waals surface area contributed by atoms with E-state index < -0.39 is 0 Å². The predicted molar refractivity (Wildman–Crippen MR) is 81.9 cm³/mol. The molecule has 1 nitrogen and oxygen atoms in total. The molecular weight excluding hydrogens is 256 g/mol. The van der Waals surface area contributed by atoms with Crippen LogP contribution in [0.3, 0.4) is 0 Å². The van der Waals surface area contributed by atoms with Gasteiger partial charge in [-0.15, -0.1) is 0 Å². The molecule has 0 spiro atoms. The number of hydrogen-bond acceptors (Lipinski definition) is 1. The van der Waals surface area contributed by atoms with Crippen LogP contribution in [0.1, 0.15) is 50.5 Å². The number of allylic oxidation sites excluding steroid dienone is 1. The highest BCUT2D eigenvalue weighted by Gasteiger charge is 2.20. The first-order valence-electron chi connectivity index (χ1n) is 7.33. The van der Waals surface area contributed by atoms with Crippen molar-refractivity contribution in [2.45, 2.75) is 44.9 Å². The van der Waals surface area contributed by atoms with Crippen LogP contribution in [-0.4, -0.2) is 6.61 Å². The Morgan fingerprint density at radius 1 is 1.16 bits per heavy atom. The third-order valence-corrected chi connectivity index (χ3v) is 4.09. The third kappa shape index (κ3) is 4.28. The molecule has 0 saturated heterocycles. The first kappa shape index (κ1) is 14.5. The molecule has 1 aromatic rings. The van der Waals surface area contributed by atoms with Gasteiger partial charge in [0.25, 0.3) is 0 Å². The van der Waals surface area contributed by atoms with Crippen LogP contribution < -0.4 is 4.74 Å². The summed E-state index contributed by atoms with van der Waals surface area (Å²) >= 11 is 5.65. The first-order valence-corrected chi connectivity index (χ1v) is 7.76. The zero-order chi connectivity index (χ0) is 13.5. The molecule has 0 aromatic heterocycles. The largest absolute Gasteiger partial charge is 0.494 e. The summed E-state index contributed by atoms with van der Waals surface area (Å²) in [7, 11) is 0. The molecule has 1 saturated carbocycles. The summed E-state index contributed by atoms with van der Waals surface area (Å²) in [5, 5.41) is 0. The van der Waals surface area contributed by atoms with Crippen molar-refractivity contribution in [3.05, 3.63) is 41.4 Å². The minimum Gasteiger partial charge on any atom is -0.494 e. The zero-order valence-corrected chi connectivity index (χ0v) is 12.4. The van der Waals surface area contributed by atoms with Crippen LogP contribution in [0, 0.1) is 5.92 Å². The normalized spacial score (nSPS) is 23.7. The maximum Gasteiger partial charge on any atom is 0.119 e. The molecule has 19 heavy (non-hydrogen) atoms. The quantitative estimate of drug-likeness (QED) is 0.691. The Labute approximate surface area is 121 Å². The van der Waals surface area contributed by atoms with Gasteiger partial charge in [-0.3, -0.25) is 0 Å². The Morgan fingerprint density at radius 3 is 2.42 bits per heavy atom. The molecule has 0 heterocycles. The van der Waals surface area contributed by atoms with Crippen LogP contribution in [0.5, 0.6) is 5.75 Å². The van der Waals surface area contributed by atoms with E-state index in [0.717, 1.165) is 18.8 Å². The summed E-state index contributed by atoms with van der Waals surface area (Å²) < 4.78 is 5.62. The molecule has 0 atom stereocenters. The molecule has 2 heteroatoms. The average molecular weight is 279 g/mol. The molecule has 0 bridgehead atoms. The second kappa shape index (κ2) is 7.59. The van der Waals surface area contributed by atoms with E-state index >= 15 is 0 Å². The molecule has 104 valence electrons. The molecule has 1 aliphatic carbocycles. The van der Waals surface area contributed by atoms with E-state index in [-0.39, 0.29) is 0 Å². The molecule has 1 aliphatic rings. The Kier molecular flexibility index (Phi) is 5.78. The van der Waals surface area contributed by atoms with Crippen LogP contribution in [-0.2, 0) is 0 Å². The number of benzene rings is 1. The minimum absolute atomic E-state index is 0.681. The fraction of sp³-hybridized carbons (Fsp3) is 0.529. The molecule has 0 radical (unpaired) electrons. The van der Waals surface area contributed by atoms with Gasteiger partial charge in [0, 0.05) is 5.54 Å². The lowest BCUT2D eigenvalue weighted by atomic mass is 9.79. The van der Waals surface area contributed by atoms with Gasteiger partial charge < -0.3 is 4.74 Å². The van der Waals surface area contributed by atoms with Crippen molar-refractivity contribution >= 4 is 11.6 Å². The van der Waals surface area contributed by atoms with E-state index in [1.54, 1.807) is 5.54 Å². The van der Waals surface area contributed by atoms with Crippen molar-refractivity contribution < 1.29 is 4.74 Å². The van der Waals surface area contributed by atoms with Crippen LogP contribution in [0.2, 0.25) is 0 Å². The highest BCUT2D eigenvalue weighted by Crippen LogP contribution is 2.36. The smallest absolute Gasteiger partial charge is 0.119 e. The minimum atomic E-state index is 0.681. The maximum absolute atomic E-state index is 5.65. The van der Waals surface area contributed by atoms with Crippen LogP contribution in [0.4, 0.5) is 0 Å². The molecule has 1 fully saturated rings. The highest BCUT2D eigenvalue weighted by molar-refractivity contribution is 6.25. The summed E-state index contributed by atoms with van der Waals surface area (Å²) in [4.78, 5) is 0. The van der Waals surface area contributed by atoms with Crippen molar-refractivity contribution in [1.82, 2.24) is 0 Å². The number of hydrogen-bond donors (Lipinski definition) is 0. The Morgan fingerprint density at radius 2 is 1.84 bits per heavy atom. The summed E-state index contributed by atoms with van der Waals surface area (Å²) in [5.41, 5.74) is 3.13. The molecule has 0 amide bonds. The van der Waals surface area contributed by atoms with Gasteiger partial charge in [0.1, 0.15) is 5.75 Å². The molecule has 0 aliphatic heterocycles. The first-order chi connectivity index (χ1) is 9.33. The van der Waals surface area contributed by atoms with Gasteiger partial charge in [-0.05, 0) is 61.6 Å². The Bertz CT molecular complexity index is 388. The molecular formula is C17H23ClO. The SMILES string of the molecule is CCCOc1ccc([C@H]2CC[C@H](/C=C/Cl)CC2)cc1. The van der Waals surface area contributed by atoms with Gasteiger partial charge in [0.2, 0.25) is 0 Å². The molecule has 0 N–H and O–H groups in total. The van der Waals surface area contributed by atoms with Gasteiger partial charge in [-0.25, -0.2) is 0 Å². The van der Waals surface area contributed by atoms with E-state index in [4.69, 9.17) is 16.3 Å². The van der Waals surface area contributed by atoms with Crippen molar-refractivity contribution in [3.8, 4) is 5.75 Å². The van der Waals surface area contributed by atoms with E-state index in [9.17, 15) is 0 Å². The lowest BCUT2D eigenvalue weighted by Crippen LogP contribution is -2.11. The summed E-state index contributed by atoms with van der Waals surface area (Å²) in [5.74, 6) is 2.38. The van der Waals surface area contributed by atoms with E-state index in [0.29, 0.717) is 11.8 Å². The number of ether oxygens (including phenoxy) is 1. The molecule has 1 aromatic carbocycles. The van der Waals surface area contributed by atoms with Gasteiger partial charge in [0.05, 0.1) is 6.61 Å². The van der Waals surface area contributed by atoms with Gasteiger partial charge in [-0.2, -0.15) is 0 Å². The van der Waals surface area contributed by atoms with Crippen LogP contribution in [0.25, 0.3) is 0 Å². The van der Waals surface area contributed by atoms with Crippen molar-refractivity contribution in [3.63, 3.8) is 0 Å². The standard InChI is InChI=1S/C17H23ClO/c1-2-13-19-17-9-7-16(8-10-17)15-5-3-14(4-6-15)11-12-18/h7-12,14-15H,2-6,13H2,1H3/b12-11+/t14-,15-. The zero-order valence-electron chi connectivity index (χ0n) is 11.6. The summed E-state index contributed by atoms with van der Waals surface area (Å²) in [6.07, 6.45) is 8.23. The fourth-order valence-corrected chi connectivity index (χ4v) is 3.01. The lowest BCUT2D eigenvalue weighted by Gasteiger charge is -2.27. The molecule has 0 unspecified atom stereocenters. The van der Waals surface area contributed by atoms with Gasteiger partial charge in [0.15, 0.2) is 0 Å². The second-order valence-electron chi connectivity index (χ2n) is 5.35. The third-order valence-electron chi connectivity index (χ3n) is 3.94. The predicted octanol–water partition coefficient (Wildman–Crippen LogP) is 5.50. The van der Waals surface area contributed by atoms with Crippen LogP contribution in [0.15, 0.2) is 35.9 Å². The topological polar surface area (TPSA) is 9.23 Å². The fourth-order valence-electron chi connectivity index (χ4n) is 2.80. The Hall–Kier alpha value is -0.950. The van der Waals surface area contributed by atoms with E-state index in [1.165, 1.54) is 31.2 Å².